The van der Waals surface area contributed by atoms with E-state index >= 15 is 0 Å². The molecule has 4 rings (SSSR count). The van der Waals surface area contributed by atoms with Crippen molar-refractivity contribution in [3.63, 3.8) is 0 Å². The summed E-state index contributed by atoms with van der Waals surface area (Å²) in [5.74, 6) is -0.427. The Morgan fingerprint density at radius 1 is 0.816 bits per heavy atom. The average Bonchev–Trinajstić information content (AvgIpc) is 3.37. The van der Waals surface area contributed by atoms with Crippen LogP contribution in [0.1, 0.15) is 25.6 Å². The second-order valence-corrected chi connectivity index (χ2v) is 11.7. The first-order valence-electron chi connectivity index (χ1n) is 11.5. The molecule has 0 saturated carbocycles. The first-order chi connectivity index (χ1) is 18.3. The molecule has 196 valence electrons. The molecule has 1 aromatic heterocycles. The number of hydrogen-bond acceptors (Lipinski definition) is 6. The summed E-state index contributed by atoms with van der Waals surface area (Å²) >= 11 is 12.6. The van der Waals surface area contributed by atoms with Crippen LogP contribution in [-0.2, 0) is 10.0 Å². The van der Waals surface area contributed by atoms with Gasteiger partial charge in [0.1, 0.15) is 4.88 Å². The molecule has 4 aromatic rings. The highest BCUT2D eigenvalue weighted by molar-refractivity contribution is 7.89. The monoisotopic (exact) mass is 587 g/mol. The maximum absolute atomic E-state index is 13.3. The van der Waals surface area contributed by atoms with Crippen molar-refractivity contribution in [3.8, 4) is 11.3 Å². The molecule has 0 aliphatic carbocycles. The van der Waals surface area contributed by atoms with E-state index < -0.39 is 15.9 Å². The quantitative estimate of drug-likeness (QED) is 0.178. The highest BCUT2D eigenvalue weighted by Gasteiger charge is 2.25. The van der Waals surface area contributed by atoms with Gasteiger partial charge in [0, 0.05) is 41.5 Å². The van der Waals surface area contributed by atoms with Crippen molar-refractivity contribution < 1.29 is 18.0 Å². The smallest absolute Gasteiger partial charge is 0.257 e. The Balaban J connectivity index is 1.59. The Morgan fingerprint density at radius 3 is 1.97 bits per heavy atom. The molecule has 1 heterocycles. The number of halogens is 2. The van der Waals surface area contributed by atoms with Crippen molar-refractivity contribution in [2.75, 3.05) is 30.2 Å². The lowest BCUT2D eigenvalue weighted by molar-refractivity contribution is 0.102. The molecule has 7 nitrogen and oxygen atoms in total. The largest absolute Gasteiger partial charge is 0.298 e. The summed E-state index contributed by atoms with van der Waals surface area (Å²) in [5, 5.41) is 2.99. The molecule has 1 N–H and O–H groups in total. The van der Waals surface area contributed by atoms with E-state index in [9.17, 15) is 18.0 Å². The number of ketones is 1. The van der Waals surface area contributed by atoms with Crippen molar-refractivity contribution in [3.05, 3.63) is 101 Å². The van der Waals surface area contributed by atoms with Crippen LogP contribution in [0.5, 0.6) is 0 Å². The summed E-state index contributed by atoms with van der Waals surface area (Å²) in [6.07, 6.45) is 0. The average molecular weight is 589 g/mol. The predicted octanol–water partition coefficient (Wildman–Crippen LogP) is 5.76. The summed E-state index contributed by atoms with van der Waals surface area (Å²) in [7, 11) is -3.81. The molecule has 0 aliphatic heterocycles. The third-order valence-corrected chi connectivity index (χ3v) is 8.78. The molecule has 38 heavy (non-hydrogen) atoms. The number of thiazole rings is 1. The maximum Gasteiger partial charge on any atom is 0.257 e. The third-order valence-electron chi connectivity index (χ3n) is 5.56. The van der Waals surface area contributed by atoms with Gasteiger partial charge in [-0.2, -0.15) is 4.31 Å². The number of carbonyl (C=O) groups excluding carboxylic acids is 2. The van der Waals surface area contributed by atoms with Crippen LogP contribution in [-0.4, -0.2) is 54.2 Å². The maximum atomic E-state index is 13.3. The number of sulfonamides is 1. The Bertz CT molecular complexity index is 1510. The molecule has 11 heteroatoms. The second-order valence-electron chi connectivity index (χ2n) is 8.02. The van der Waals surface area contributed by atoms with Gasteiger partial charge in [0.2, 0.25) is 15.8 Å². The van der Waals surface area contributed by atoms with Crippen molar-refractivity contribution in [1.82, 2.24) is 9.29 Å². The molecule has 0 aliphatic rings. The van der Waals surface area contributed by atoms with Crippen molar-refractivity contribution in [2.45, 2.75) is 4.90 Å². The van der Waals surface area contributed by atoms with Crippen molar-refractivity contribution in [1.29, 1.82) is 0 Å². The molecule has 0 spiro atoms. The minimum Gasteiger partial charge on any atom is -0.298 e. The highest BCUT2D eigenvalue weighted by atomic mass is 35.5. The Morgan fingerprint density at radius 2 is 1.39 bits per heavy atom. The lowest BCUT2D eigenvalue weighted by Gasteiger charge is -2.20. The normalized spacial score (nSPS) is 11.4. The summed E-state index contributed by atoms with van der Waals surface area (Å²) < 4.78 is 27.0. The number of hydrogen-bond donors (Lipinski definition) is 1. The van der Waals surface area contributed by atoms with Crippen LogP contribution in [0.3, 0.4) is 0 Å². The van der Waals surface area contributed by atoms with E-state index in [0.717, 1.165) is 16.9 Å². The van der Waals surface area contributed by atoms with E-state index in [-0.39, 0.29) is 46.2 Å². The standard InChI is InChI=1S/C27H23Cl2N3O4S2/c28-15-17-32(18-16-29)38(35,36)22-13-11-21(12-14-22)26(34)31-27-30-23(19-7-3-1-4-8-19)25(37-27)24(33)20-9-5-2-6-10-20/h1-14H,15-18H2,(H,30,31,34). The number of carbonyl (C=O) groups is 2. The van der Waals surface area contributed by atoms with Crippen LogP contribution in [0, 0.1) is 0 Å². The minimum atomic E-state index is -3.81. The Hall–Kier alpha value is -3.08. The molecule has 0 unspecified atom stereocenters. The number of nitrogens with zero attached hydrogens (tertiary/aromatic N) is 2. The summed E-state index contributed by atoms with van der Waals surface area (Å²) in [6, 6.07) is 23.7. The molecule has 0 fully saturated rings. The molecular formula is C27H23Cl2N3O4S2. The fraction of sp³-hybridized carbons (Fsp3) is 0.148. The van der Waals surface area contributed by atoms with Gasteiger partial charge in [-0.15, -0.1) is 23.2 Å². The summed E-state index contributed by atoms with van der Waals surface area (Å²) in [6.45, 7) is 0.243. The van der Waals surface area contributed by atoms with Gasteiger partial charge < -0.3 is 0 Å². The predicted molar refractivity (Wildman–Crippen MR) is 152 cm³/mol. The SMILES string of the molecule is O=C(Nc1nc(-c2ccccc2)c(C(=O)c2ccccc2)s1)c1ccc(S(=O)(=O)N(CCCl)CCCl)cc1. The van der Waals surface area contributed by atoms with Gasteiger partial charge >= 0.3 is 0 Å². The van der Waals surface area contributed by atoms with E-state index in [1.54, 1.807) is 24.3 Å². The minimum absolute atomic E-state index is 0.0284. The van der Waals surface area contributed by atoms with E-state index in [4.69, 9.17) is 23.2 Å². The zero-order valence-corrected chi connectivity index (χ0v) is 23.2. The van der Waals surface area contributed by atoms with Crippen molar-refractivity contribution >= 4 is 61.4 Å². The number of anilines is 1. The molecular weight excluding hydrogens is 565 g/mol. The fourth-order valence-electron chi connectivity index (χ4n) is 3.68. The molecule has 3 aromatic carbocycles. The van der Waals surface area contributed by atoms with Gasteiger partial charge in [0.15, 0.2) is 5.13 Å². The summed E-state index contributed by atoms with van der Waals surface area (Å²) in [5.41, 5.74) is 1.97. The summed E-state index contributed by atoms with van der Waals surface area (Å²) in [4.78, 5) is 31.2. The van der Waals surface area contributed by atoms with Crippen LogP contribution >= 0.6 is 34.5 Å². The van der Waals surface area contributed by atoms with Crippen LogP contribution in [0.15, 0.2) is 89.8 Å². The number of alkyl halides is 2. The van der Waals surface area contributed by atoms with Crippen LogP contribution < -0.4 is 5.32 Å². The van der Waals surface area contributed by atoms with E-state index in [0.29, 0.717) is 16.1 Å². The fourth-order valence-corrected chi connectivity index (χ4v) is 6.67. The van der Waals surface area contributed by atoms with Gasteiger partial charge in [0.05, 0.1) is 10.6 Å². The van der Waals surface area contributed by atoms with E-state index in [1.807, 2.05) is 36.4 Å². The Labute approximate surface area is 235 Å². The number of amides is 1. The lowest BCUT2D eigenvalue weighted by atomic mass is 10.1. The lowest BCUT2D eigenvalue weighted by Crippen LogP contribution is -2.34. The zero-order chi connectivity index (χ0) is 27.1. The highest BCUT2D eigenvalue weighted by Crippen LogP contribution is 2.33. The Kier molecular flexibility index (Phi) is 9.30. The van der Waals surface area contributed by atoms with Gasteiger partial charge in [0.25, 0.3) is 5.91 Å². The van der Waals surface area contributed by atoms with Gasteiger partial charge in [-0.1, -0.05) is 72.0 Å². The molecule has 0 atom stereocenters. The molecule has 0 bridgehead atoms. The van der Waals surface area contributed by atoms with Crippen LogP contribution in [0.25, 0.3) is 11.3 Å². The number of benzene rings is 3. The van der Waals surface area contributed by atoms with E-state index in [1.165, 1.54) is 28.6 Å². The molecule has 1 amide bonds. The van der Waals surface area contributed by atoms with Gasteiger partial charge in [-0.05, 0) is 24.3 Å². The molecule has 0 radical (unpaired) electrons. The number of rotatable bonds is 11. The first-order valence-corrected chi connectivity index (χ1v) is 14.9. The molecule has 0 saturated heterocycles. The van der Waals surface area contributed by atoms with Crippen molar-refractivity contribution in [2.24, 2.45) is 0 Å². The van der Waals surface area contributed by atoms with Crippen LogP contribution in [0.4, 0.5) is 5.13 Å². The number of nitrogens with one attached hydrogen (secondary N) is 1. The third kappa shape index (κ3) is 6.31. The number of aromatic nitrogens is 1. The topological polar surface area (TPSA) is 96.4 Å². The van der Waals surface area contributed by atoms with Crippen LogP contribution in [0.2, 0.25) is 0 Å². The second kappa shape index (κ2) is 12.6. The zero-order valence-electron chi connectivity index (χ0n) is 20.0. The van der Waals surface area contributed by atoms with Gasteiger partial charge in [-0.3, -0.25) is 14.9 Å². The van der Waals surface area contributed by atoms with Gasteiger partial charge in [-0.25, -0.2) is 13.4 Å². The first kappa shape index (κ1) is 27.9. The van der Waals surface area contributed by atoms with E-state index in [2.05, 4.69) is 10.3 Å².